The molecule has 11 aromatic rings. The van der Waals surface area contributed by atoms with Crippen molar-refractivity contribution in [3.8, 4) is 45.2 Å². The number of pyridine rings is 4. The fourth-order valence-electron chi connectivity index (χ4n) is 7.77. The van der Waals surface area contributed by atoms with Crippen molar-refractivity contribution < 1.29 is 0 Å². The second kappa shape index (κ2) is 12.1. The van der Waals surface area contributed by atoms with Gasteiger partial charge in [-0.25, -0.2) is 19.9 Å². The maximum atomic E-state index is 5.28. The fourth-order valence-corrected chi connectivity index (χ4v) is 7.77. The van der Waals surface area contributed by atoms with Gasteiger partial charge in [-0.3, -0.25) is 0 Å². The molecule has 0 fully saturated rings. The van der Waals surface area contributed by atoms with Crippen molar-refractivity contribution in [3.63, 3.8) is 0 Å². The molecule has 0 atom stereocenters. The molecule has 4 aromatic heterocycles. The van der Waals surface area contributed by atoms with Gasteiger partial charge in [-0.15, -0.1) is 0 Å². The molecule has 0 saturated heterocycles. The van der Waals surface area contributed by atoms with Crippen LogP contribution in [0.25, 0.3) is 110 Å². The van der Waals surface area contributed by atoms with Crippen LogP contribution >= 0.6 is 0 Å². The molecule has 0 amide bonds. The summed E-state index contributed by atoms with van der Waals surface area (Å²) in [5, 5.41) is 10.3. The number of aromatic nitrogens is 4. The summed E-state index contributed by atoms with van der Waals surface area (Å²) in [4.78, 5) is 20.8. The molecule has 0 aliphatic rings. The van der Waals surface area contributed by atoms with E-state index in [1.165, 1.54) is 10.8 Å². The topological polar surface area (TPSA) is 51.6 Å². The lowest BCUT2D eigenvalue weighted by Crippen LogP contribution is -1.96. The van der Waals surface area contributed by atoms with Gasteiger partial charge in [0.2, 0.25) is 0 Å². The maximum Gasteiger partial charge on any atom is 0.0900 e. The summed E-state index contributed by atoms with van der Waals surface area (Å²) >= 11 is 0. The molecule has 0 bridgehead atoms. The number of fused-ring (bicyclic) bond motifs is 6. The molecular weight excluding hydrogens is 657 g/mol. The zero-order chi connectivity index (χ0) is 35.6. The standard InChI is InChI=1S/C50H30N4/c1-3-12-34-27-47-37(23-32(34)10-1)18-21-45(52-47)49-29-40(30-50(54-49)46-22-19-38-24-33-11-2-4-13-35(33)28-48(38)53-46)39-25-36-14-5-7-15-41(36)42(26-39)44-20-17-31-9-6-8-16-43(31)51-44/h1-30H. The predicted octanol–water partition coefficient (Wildman–Crippen LogP) is 12.9. The number of benzene rings is 7. The quantitative estimate of drug-likeness (QED) is 0.173. The van der Waals surface area contributed by atoms with Crippen LogP contribution in [0.15, 0.2) is 182 Å². The Morgan fingerprint density at radius 2 is 0.704 bits per heavy atom. The molecule has 0 N–H and O–H groups in total. The Bertz CT molecular complexity index is 3160. The Morgan fingerprint density at radius 1 is 0.241 bits per heavy atom. The SMILES string of the molecule is c1ccc2cc3nc(-c4cc(-c5cc(-c6ccc7ccccc7n6)c6ccccc6c5)cc(-c5ccc6cc7ccccc7cc6n5)n4)ccc3cc2c1. The van der Waals surface area contributed by atoms with Crippen molar-refractivity contribution in [1.29, 1.82) is 0 Å². The van der Waals surface area contributed by atoms with Crippen LogP contribution in [0.3, 0.4) is 0 Å². The summed E-state index contributed by atoms with van der Waals surface area (Å²) < 4.78 is 0. The van der Waals surface area contributed by atoms with Crippen molar-refractivity contribution in [3.05, 3.63) is 182 Å². The van der Waals surface area contributed by atoms with Gasteiger partial charge in [-0.2, -0.15) is 0 Å². The smallest absolute Gasteiger partial charge is 0.0900 e. The summed E-state index contributed by atoms with van der Waals surface area (Å²) in [5.41, 5.74) is 10.2. The van der Waals surface area contributed by atoms with Gasteiger partial charge in [0, 0.05) is 21.7 Å². The first-order chi connectivity index (χ1) is 26.7. The lowest BCUT2D eigenvalue weighted by molar-refractivity contribution is 1.25. The summed E-state index contributed by atoms with van der Waals surface area (Å²) in [6.07, 6.45) is 0. The van der Waals surface area contributed by atoms with Gasteiger partial charge in [0.15, 0.2) is 0 Å². The molecular formula is C50H30N4. The minimum atomic E-state index is 0.788. The van der Waals surface area contributed by atoms with Crippen molar-refractivity contribution in [2.75, 3.05) is 0 Å². The first kappa shape index (κ1) is 30.3. The second-order valence-corrected chi connectivity index (χ2v) is 13.9. The molecule has 0 unspecified atom stereocenters. The van der Waals surface area contributed by atoms with E-state index >= 15 is 0 Å². The van der Waals surface area contributed by atoms with E-state index in [9.17, 15) is 0 Å². The van der Waals surface area contributed by atoms with Crippen LogP contribution in [0.4, 0.5) is 0 Å². The summed E-state index contributed by atoms with van der Waals surface area (Å²) in [6.45, 7) is 0. The molecule has 0 spiro atoms. The number of hydrogen-bond donors (Lipinski definition) is 0. The monoisotopic (exact) mass is 686 g/mol. The Kier molecular flexibility index (Phi) is 6.82. The number of nitrogens with zero attached hydrogens (tertiary/aromatic N) is 4. The van der Waals surface area contributed by atoms with Crippen LogP contribution in [0.1, 0.15) is 0 Å². The van der Waals surface area contributed by atoms with E-state index in [0.29, 0.717) is 0 Å². The Hall–Kier alpha value is -7.30. The maximum absolute atomic E-state index is 5.28. The molecule has 250 valence electrons. The first-order valence-electron chi connectivity index (χ1n) is 18.2. The van der Waals surface area contributed by atoms with E-state index in [1.54, 1.807) is 0 Å². The van der Waals surface area contributed by atoms with Crippen molar-refractivity contribution >= 4 is 65.0 Å². The van der Waals surface area contributed by atoms with Crippen molar-refractivity contribution in [2.45, 2.75) is 0 Å². The van der Waals surface area contributed by atoms with E-state index in [2.05, 4.69) is 176 Å². The zero-order valence-electron chi connectivity index (χ0n) is 29.1. The molecule has 4 heterocycles. The predicted molar refractivity (Wildman–Crippen MR) is 224 cm³/mol. The van der Waals surface area contributed by atoms with Crippen LogP contribution < -0.4 is 0 Å². The summed E-state index contributed by atoms with van der Waals surface area (Å²) in [7, 11) is 0. The van der Waals surface area contributed by atoms with Crippen LogP contribution in [0.5, 0.6) is 0 Å². The van der Waals surface area contributed by atoms with Gasteiger partial charge in [0.1, 0.15) is 0 Å². The lowest BCUT2D eigenvalue weighted by Gasteiger charge is -2.14. The third-order valence-electron chi connectivity index (χ3n) is 10.5. The zero-order valence-corrected chi connectivity index (χ0v) is 29.1. The first-order valence-corrected chi connectivity index (χ1v) is 18.2. The minimum Gasteiger partial charge on any atom is -0.248 e. The molecule has 11 rings (SSSR count). The van der Waals surface area contributed by atoms with Gasteiger partial charge in [0.05, 0.1) is 45.0 Å². The summed E-state index contributed by atoms with van der Waals surface area (Å²) in [5.74, 6) is 0. The Morgan fingerprint density at radius 3 is 1.33 bits per heavy atom. The molecule has 0 radical (unpaired) electrons. The Labute approximate surface area is 311 Å². The average Bonchev–Trinajstić information content (AvgIpc) is 3.23. The fraction of sp³-hybridized carbons (Fsp3) is 0. The number of hydrogen-bond acceptors (Lipinski definition) is 4. The number of rotatable bonds is 4. The van der Waals surface area contributed by atoms with E-state index in [1.807, 2.05) is 6.07 Å². The van der Waals surface area contributed by atoms with Crippen LogP contribution in [0.2, 0.25) is 0 Å². The third-order valence-corrected chi connectivity index (χ3v) is 10.5. The molecule has 7 aromatic carbocycles. The molecule has 0 aliphatic carbocycles. The highest BCUT2D eigenvalue weighted by atomic mass is 14.8. The van der Waals surface area contributed by atoms with Crippen LogP contribution in [-0.4, -0.2) is 19.9 Å². The highest BCUT2D eigenvalue weighted by Gasteiger charge is 2.16. The van der Waals surface area contributed by atoms with Crippen LogP contribution in [-0.2, 0) is 0 Å². The van der Waals surface area contributed by atoms with E-state index < -0.39 is 0 Å². The molecule has 54 heavy (non-hydrogen) atoms. The molecule has 4 heteroatoms. The van der Waals surface area contributed by atoms with Crippen molar-refractivity contribution in [2.24, 2.45) is 0 Å². The van der Waals surface area contributed by atoms with Gasteiger partial charge < -0.3 is 0 Å². The molecule has 0 saturated carbocycles. The molecule has 4 nitrogen and oxygen atoms in total. The van der Waals surface area contributed by atoms with Gasteiger partial charge >= 0.3 is 0 Å². The highest BCUT2D eigenvalue weighted by Crippen LogP contribution is 2.37. The highest BCUT2D eigenvalue weighted by molar-refractivity contribution is 6.02. The lowest BCUT2D eigenvalue weighted by atomic mass is 9.94. The normalized spacial score (nSPS) is 11.7. The summed E-state index contributed by atoms with van der Waals surface area (Å²) in [6, 6.07) is 64.0. The van der Waals surface area contributed by atoms with Gasteiger partial charge in [-0.05, 0) is 116 Å². The largest absolute Gasteiger partial charge is 0.248 e. The second-order valence-electron chi connectivity index (χ2n) is 13.9. The van der Waals surface area contributed by atoms with Crippen LogP contribution in [0, 0.1) is 0 Å². The van der Waals surface area contributed by atoms with E-state index in [-0.39, 0.29) is 0 Å². The van der Waals surface area contributed by atoms with E-state index in [0.717, 1.165) is 99.4 Å². The van der Waals surface area contributed by atoms with Gasteiger partial charge in [0.25, 0.3) is 0 Å². The van der Waals surface area contributed by atoms with Crippen molar-refractivity contribution in [1.82, 2.24) is 19.9 Å². The van der Waals surface area contributed by atoms with Gasteiger partial charge in [-0.1, -0.05) is 109 Å². The Balaban J connectivity index is 1.13. The average molecular weight is 687 g/mol. The third kappa shape index (κ3) is 5.23. The van der Waals surface area contributed by atoms with E-state index in [4.69, 9.17) is 19.9 Å². The number of para-hydroxylation sites is 1. The molecule has 0 aliphatic heterocycles. The minimum absolute atomic E-state index is 0.788.